The van der Waals surface area contributed by atoms with Crippen LogP contribution in [0.1, 0.15) is 80.2 Å². The van der Waals surface area contributed by atoms with Crippen LogP contribution in [0.15, 0.2) is 97.1 Å². The van der Waals surface area contributed by atoms with E-state index in [2.05, 4.69) is 20.1 Å². The Labute approximate surface area is 353 Å². The average Bonchev–Trinajstić information content (AvgIpc) is 3.18. The van der Waals surface area contributed by atoms with E-state index in [0.29, 0.717) is 48.2 Å². The van der Waals surface area contributed by atoms with E-state index in [9.17, 15) is 35.9 Å². The van der Waals surface area contributed by atoms with Gasteiger partial charge in [-0.25, -0.2) is 9.59 Å². The van der Waals surface area contributed by atoms with Gasteiger partial charge in [-0.05, 0) is 97.5 Å². The van der Waals surface area contributed by atoms with Crippen molar-refractivity contribution in [1.82, 2.24) is 10.6 Å². The van der Waals surface area contributed by atoms with Gasteiger partial charge in [0.05, 0.1) is 48.7 Å². The van der Waals surface area contributed by atoms with Crippen LogP contribution in [0, 0.1) is 0 Å². The Bertz CT molecular complexity index is 1700. The molecule has 0 saturated heterocycles. The number of hydrogen-bond donors (Lipinski definition) is 2. The first kappa shape index (κ1) is 54.8. The molecule has 0 amide bonds. The minimum atomic E-state index is -4.38. The van der Waals surface area contributed by atoms with E-state index in [1.807, 2.05) is 38.1 Å². The number of hydrogen-bond acceptors (Lipinski definition) is 8. The van der Waals surface area contributed by atoms with Gasteiger partial charge in [0, 0.05) is 39.4 Å². The lowest BCUT2D eigenvalue weighted by molar-refractivity contribution is -0.138. The molecule has 0 aliphatic heterocycles. The number of ether oxygens (including phenoxy) is 4. The smallest absolute Gasteiger partial charge is 0.416 e. The van der Waals surface area contributed by atoms with Crippen molar-refractivity contribution in [3.05, 3.63) is 142 Å². The van der Waals surface area contributed by atoms with Crippen LogP contribution in [0.2, 0.25) is 0 Å². The summed E-state index contributed by atoms with van der Waals surface area (Å²) in [4.78, 5) is 22.9. The minimum Gasteiger partial charge on any atom is -0.465 e. The molecule has 4 atom stereocenters. The SMILES string of the molecule is COC(=O)c1ccc(CC(C)NCC(OC)c2cccc(C(F)(F)F)c2)cc1.COC(=O)c1ccc(CC(C)NCC(OC)c2cccc(C(F)(F)F)c2)cc1.Cl.Cl.O. The molecule has 0 saturated carbocycles. The van der Waals surface area contributed by atoms with Crippen molar-refractivity contribution in [3.8, 4) is 0 Å². The summed E-state index contributed by atoms with van der Waals surface area (Å²) in [6.45, 7) is 4.71. The first-order valence-corrected chi connectivity index (χ1v) is 17.7. The quantitative estimate of drug-likeness (QED) is 0.0845. The highest BCUT2D eigenvalue weighted by molar-refractivity contribution is 5.89. The van der Waals surface area contributed by atoms with Crippen molar-refractivity contribution >= 4 is 36.8 Å². The molecule has 4 rings (SSSR count). The molecule has 0 aliphatic carbocycles. The molecule has 0 bridgehead atoms. The number of benzene rings is 4. The summed E-state index contributed by atoms with van der Waals surface area (Å²) in [5.74, 6) is -0.775. The van der Waals surface area contributed by atoms with Crippen LogP contribution in [0.4, 0.5) is 26.3 Å². The number of nitrogens with one attached hydrogen (secondary N) is 2. The van der Waals surface area contributed by atoms with E-state index < -0.39 is 35.7 Å². The Balaban J connectivity index is 0.00000109. The van der Waals surface area contributed by atoms with Gasteiger partial charge in [0.1, 0.15) is 0 Å². The van der Waals surface area contributed by atoms with E-state index in [4.69, 9.17) is 9.47 Å². The third kappa shape index (κ3) is 17.9. The molecule has 0 fully saturated rings. The standard InChI is InChI=1S/2C21H24F3NO3.2ClH.H2O/c2*1-14(11-15-7-9-16(10-8-15)20(26)28-3)25-13-19(27-2)17-5-4-6-18(12-17)21(22,23)24;;;/h2*4-10,12,14,19,25H,11,13H2,1-3H3;2*1H;1H2. The highest BCUT2D eigenvalue weighted by Crippen LogP contribution is 2.32. The fourth-order valence-electron chi connectivity index (χ4n) is 5.76. The van der Waals surface area contributed by atoms with Crippen molar-refractivity contribution in [2.75, 3.05) is 41.5 Å². The Morgan fingerprint density at radius 2 is 0.881 bits per heavy atom. The summed E-state index contributed by atoms with van der Waals surface area (Å²) in [7, 11) is 5.61. The van der Waals surface area contributed by atoms with E-state index in [1.165, 1.54) is 40.6 Å². The molecule has 0 aliphatic rings. The second kappa shape index (κ2) is 26.1. The predicted octanol–water partition coefficient (Wildman–Crippen LogP) is 8.82. The second-order valence-electron chi connectivity index (χ2n) is 13.1. The number of rotatable bonds is 16. The number of carbonyl (C=O) groups excluding carboxylic acids is 2. The molecule has 4 aromatic rings. The zero-order valence-corrected chi connectivity index (χ0v) is 35.0. The number of esters is 2. The van der Waals surface area contributed by atoms with Crippen LogP contribution >= 0.6 is 24.8 Å². The molecule has 59 heavy (non-hydrogen) atoms. The maximum Gasteiger partial charge on any atom is 0.416 e. The number of methoxy groups -OCH3 is 4. The molecule has 9 nitrogen and oxygen atoms in total. The van der Waals surface area contributed by atoms with Gasteiger partial charge in [0.25, 0.3) is 0 Å². The van der Waals surface area contributed by atoms with Crippen molar-refractivity contribution in [2.45, 2.75) is 63.3 Å². The first-order chi connectivity index (χ1) is 26.5. The van der Waals surface area contributed by atoms with Crippen LogP contribution in [0.5, 0.6) is 0 Å². The van der Waals surface area contributed by atoms with Gasteiger partial charge >= 0.3 is 24.3 Å². The normalized spacial score (nSPS) is 13.1. The van der Waals surface area contributed by atoms with Crippen LogP contribution in [0.3, 0.4) is 0 Å². The lowest BCUT2D eigenvalue weighted by atomic mass is 10.0. The lowest BCUT2D eigenvalue weighted by Gasteiger charge is -2.21. The van der Waals surface area contributed by atoms with Crippen molar-refractivity contribution in [3.63, 3.8) is 0 Å². The Morgan fingerprint density at radius 1 is 0.559 bits per heavy atom. The summed E-state index contributed by atoms with van der Waals surface area (Å²) >= 11 is 0. The van der Waals surface area contributed by atoms with Gasteiger partial charge in [-0.1, -0.05) is 48.5 Å². The maximum atomic E-state index is 12.9. The molecule has 0 heterocycles. The molecule has 4 N–H and O–H groups in total. The van der Waals surface area contributed by atoms with Crippen LogP contribution in [-0.2, 0) is 44.1 Å². The molecular formula is C42H52Cl2F6N2O7. The molecule has 0 aromatic heterocycles. The van der Waals surface area contributed by atoms with E-state index >= 15 is 0 Å². The van der Waals surface area contributed by atoms with Crippen molar-refractivity contribution in [2.24, 2.45) is 0 Å². The zero-order chi connectivity index (χ0) is 41.5. The minimum absolute atomic E-state index is 0. The molecule has 0 spiro atoms. The summed E-state index contributed by atoms with van der Waals surface area (Å²) in [5.41, 5.74) is 2.59. The Hall–Kier alpha value is -4.22. The molecule has 0 radical (unpaired) electrons. The number of alkyl halides is 6. The maximum absolute atomic E-state index is 12.9. The molecule has 328 valence electrons. The number of halogens is 8. The fraction of sp³-hybridized carbons (Fsp3) is 0.381. The van der Waals surface area contributed by atoms with Crippen molar-refractivity contribution < 1.29 is 60.4 Å². The van der Waals surface area contributed by atoms with E-state index in [-0.39, 0.29) is 54.3 Å². The summed E-state index contributed by atoms with van der Waals surface area (Å²) < 4.78 is 97.5. The predicted molar refractivity (Wildman–Crippen MR) is 218 cm³/mol. The summed E-state index contributed by atoms with van der Waals surface area (Å²) in [6.07, 6.45) is -8.37. The first-order valence-electron chi connectivity index (χ1n) is 17.7. The highest BCUT2D eigenvalue weighted by Gasteiger charge is 2.32. The van der Waals surface area contributed by atoms with E-state index in [0.717, 1.165) is 35.4 Å². The van der Waals surface area contributed by atoms with Gasteiger partial charge in [0.2, 0.25) is 0 Å². The Morgan fingerprint density at radius 3 is 1.15 bits per heavy atom. The third-order valence-electron chi connectivity index (χ3n) is 8.88. The van der Waals surface area contributed by atoms with Crippen LogP contribution in [0.25, 0.3) is 0 Å². The molecular weight excluding hydrogens is 829 g/mol. The van der Waals surface area contributed by atoms with Crippen LogP contribution in [-0.4, -0.2) is 71.0 Å². The zero-order valence-electron chi connectivity index (χ0n) is 33.4. The highest BCUT2D eigenvalue weighted by atomic mass is 35.5. The van der Waals surface area contributed by atoms with Gasteiger partial charge in [-0.3, -0.25) is 0 Å². The largest absolute Gasteiger partial charge is 0.465 e. The monoisotopic (exact) mass is 880 g/mol. The topological polar surface area (TPSA) is 127 Å². The third-order valence-corrected chi connectivity index (χ3v) is 8.88. The fourth-order valence-corrected chi connectivity index (χ4v) is 5.76. The van der Waals surface area contributed by atoms with Gasteiger partial charge in [0.15, 0.2) is 0 Å². The summed E-state index contributed by atoms with van der Waals surface area (Å²) in [5, 5.41) is 6.58. The van der Waals surface area contributed by atoms with Crippen LogP contribution < -0.4 is 10.6 Å². The summed E-state index contributed by atoms with van der Waals surface area (Å²) in [6, 6.07) is 24.7. The van der Waals surface area contributed by atoms with Gasteiger partial charge in [-0.15, -0.1) is 24.8 Å². The second-order valence-corrected chi connectivity index (χ2v) is 13.1. The van der Waals surface area contributed by atoms with Gasteiger partial charge in [-0.2, -0.15) is 26.3 Å². The van der Waals surface area contributed by atoms with E-state index in [1.54, 1.807) is 36.4 Å². The van der Waals surface area contributed by atoms with Crippen molar-refractivity contribution in [1.29, 1.82) is 0 Å². The average molecular weight is 882 g/mol. The Kier molecular flexibility index (Phi) is 24.2. The molecule has 17 heteroatoms. The lowest BCUT2D eigenvalue weighted by Crippen LogP contribution is -2.32. The molecule has 4 aromatic carbocycles. The van der Waals surface area contributed by atoms with Gasteiger partial charge < -0.3 is 35.1 Å². The molecule has 4 unspecified atom stereocenters. The number of carbonyl (C=O) groups is 2.